The summed E-state index contributed by atoms with van der Waals surface area (Å²) in [6.45, 7) is 2.83. The number of piperidine rings is 1. The Hall–Kier alpha value is -3.71. The highest BCUT2D eigenvalue weighted by molar-refractivity contribution is 6.01. The Balaban J connectivity index is 1.24. The van der Waals surface area contributed by atoms with E-state index in [0.29, 0.717) is 24.6 Å². The molecule has 2 aromatic rings. The molecule has 36 heavy (non-hydrogen) atoms. The number of halogens is 3. The number of hydrogen-bond donors (Lipinski definition) is 1. The maximum atomic E-state index is 12.8. The molecule has 0 spiro atoms. The van der Waals surface area contributed by atoms with Crippen LogP contribution >= 0.6 is 0 Å². The second-order valence-corrected chi connectivity index (χ2v) is 8.93. The van der Waals surface area contributed by atoms with Crippen molar-refractivity contribution >= 4 is 23.2 Å². The van der Waals surface area contributed by atoms with Crippen LogP contribution in [0.5, 0.6) is 0 Å². The van der Waals surface area contributed by atoms with E-state index >= 15 is 0 Å². The number of amides is 2. The Morgan fingerprint density at radius 1 is 1.08 bits per heavy atom. The van der Waals surface area contributed by atoms with Crippen LogP contribution in [0.15, 0.2) is 53.5 Å². The third kappa shape index (κ3) is 6.29. The van der Waals surface area contributed by atoms with Crippen molar-refractivity contribution in [2.45, 2.75) is 31.5 Å². The van der Waals surface area contributed by atoms with Gasteiger partial charge in [0.1, 0.15) is 0 Å². The summed E-state index contributed by atoms with van der Waals surface area (Å²) in [5.41, 5.74) is 1.42. The zero-order chi connectivity index (χ0) is 25.7. The van der Waals surface area contributed by atoms with Crippen molar-refractivity contribution in [3.63, 3.8) is 0 Å². The zero-order valence-corrected chi connectivity index (χ0v) is 19.6. The summed E-state index contributed by atoms with van der Waals surface area (Å²) in [5, 5.41) is 11.3. The fourth-order valence-corrected chi connectivity index (χ4v) is 4.61. The highest BCUT2D eigenvalue weighted by atomic mass is 19.4. The van der Waals surface area contributed by atoms with E-state index < -0.39 is 23.6 Å². The number of benzene rings is 2. The first-order valence-electron chi connectivity index (χ1n) is 11.8. The van der Waals surface area contributed by atoms with Crippen molar-refractivity contribution in [1.82, 2.24) is 10.2 Å². The van der Waals surface area contributed by atoms with E-state index in [2.05, 4.69) is 26.2 Å². The average Bonchev–Trinajstić information content (AvgIpc) is 3.35. The van der Waals surface area contributed by atoms with E-state index in [1.165, 1.54) is 6.07 Å². The van der Waals surface area contributed by atoms with Gasteiger partial charge >= 0.3 is 6.18 Å². The molecule has 0 radical (unpaired) electrons. The van der Waals surface area contributed by atoms with Gasteiger partial charge in [-0.2, -0.15) is 18.4 Å². The van der Waals surface area contributed by atoms with Crippen molar-refractivity contribution in [3.8, 4) is 6.07 Å². The van der Waals surface area contributed by atoms with Crippen molar-refractivity contribution in [3.05, 3.63) is 65.2 Å². The molecule has 7 nitrogen and oxygen atoms in total. The Morgan fingerprint density at radius 3 is 2.47 bits per heavy atom. The van der Waals surface area contributed by atoms with Crippen LogP contribution in [-0.4, -0.2) is 61.2 Å². The number of alkyl halides is 3. The lowest BCUT2D eigenvalue weighted by molar-refractivity contribution is -0.137. The molecular weight excluding hydrogens is 471 g/mol. The van der Waals surface area contributed by atoms with E-state index in [9.17, 15) is 22.8 Å². The minimum absolute atomic E-state index is 0.162. The first-order chi connectivity index (χ1) is 17.2. The van der Waals surface area contributed by atoms with E-state index in [0.717, 1.165) is 62.1 Å². The van der Waals surface area contributed by atoms with Crippen LogP contribution in [0.3, 0.4) is 0 Å². The molecule has 2 saturated heterocycles. The molecule has 0 bridgehead atoms. The zero-order valence-electron chi connectivity index (χ0n) is 19.6. The lowest BCUT2D eigenvalue weighted by atomic mass is 10.0. The first kappa shape index (κ1) is 25.4. The van der Waals surface area contributed by atoms with Crippen molar-refractivity contribution in [1.29, 1.82) is 5.26 Å². The molecular formula is C26H26F3N5O2. The molecule has 10 heteroatoms. The average molecular weight is 498 g/mol. The van der Waals surface area contributed by atoms with Gasteiger partial charge in [0.2, 0.25) is 0 Å². The predicted molar refractivity (Wildman–Crippen MR) is 129 cm³/mol. The smallest absolute Gasteiger partial charge is 0.371 e. The normalized spacial score (nSPS) is 18.3. The van der Waals surface area contributed by atoms with Crippen LogP contribution < -0.4 is 10.2 Å². The number of likely N-dealkylation sites (tertiary alicyclic amines) is 1. The molecule has 2 aliphatic heterocycles. The lowest BCUT2D eigenvalue weighted by Crippen LogP contribution is -2.44. The third-order valence-electron chi connectivity index (χ3n) is 6.55. The summed E-state index contributed by atoms with van der Waals surface area (Å²) < 4.78 is 38.5. The molecule has 2 aromatic carbocycles. The molecule has 0 unspecified atom stereocenters. The van der Waals surface area contributed by atoms with Gasteiger partial charge in [-0.05, 0) is 61.7 Å². The van der Waals surface area contributed by atoms with Gasteiger partial charge in [0, 0.05) is 49.2 Å². The maximum absolute atomic E-state index is 12.8. The second kappa shape index (κ2) is 10.9. The van der Waals surface area contributed by atoms with Crippen molar-refractivity contribution in [2.24, 2.45) is 4.99 Å². The van der Waals surface area contributed by atoms with Crippen LogP contribution in [0.4, 0.5) is 18.9 Å². The fourth-order valence-electron chi connectivity index (χ4n) is 4.61. The summed E-state index contributed by atoms with van der Waals surface area (Å²) >= 11 is 0. The number of aliphatic imine (C=N–C) groups is 1. The summed E-state index contributed by atoms with van der Waals surface area (Å²) in [5.74, 6) is -1.28. The van der Waals surface area contributed by atoms with Gasteiger partial charge in [-0.1, -0.05) is 6.07 Å². The topological polar surface area (TPSA) is 88.8 Å². The molecule has 2 fully saturated rings. The molecule has 0 saturated carbocycles. The molecule has 1 N–H and O–H groups in total. The summed E-state index contributed by atoms with van der Waals surface area (Å²) in [7, 11) is 0. The van der Waals surface area contributed by atoms with Gasteiger partial charge in [-0.25, -0.2) is 4.99 Å². The van der Waals surface area contributed by atoms with Gasteiger partial charge in [-0.3, -0.25) is 14.5 Å². The van der Waals surface area contributed by atoms with Gasteiger partial charge in [0.25, 0.3) is 11.8 Å². The summed E-state index contributed by atoms with van der Waals surface area (Å²) in [4.78, 5) is 33.2. The second-order valence-electron chi connectivity index (χ2n) is 8.93. The van der Waals surface area contributed by atoms with Gasteiger partial charge < -0.3 is 10.2 Å². The lowest BCUT2D eigenvalue weighted by Gasteiger charge is -2.37. The molecule has 0 aliphatic carbocycles. The quantitative estimate of drug-likeness (QED) is 0.681. The summed E-state index contributed by atoms with van der Waals surface area (Å²) in [6, 6.07) is 14.2. The molecule has 0 atom stereocenters. The van der Waals surface area contributed by atoms with E-state index in [1.54, 1.807) is 0 Å². The van der Waals surface area contributed by atoms with E-state index in [-0.39, 0.29) is 12.1 Å². The Kier molecular flexibility index (Phi) is 7.70. The molecule has 2 aliphatic rings. The van der Waals surface area contributed by atoms with Gasteiger partial charge in [0.05, 0.1) is 23.7 Å². The SMILES string of the molecule is N#Cc1ccc(N2CCC(N3CCC(=NC(=O)CNC(=O)c4cccc(C(F)(F)F)c4)C3)CC2)cc1. The van der Waals surface area contributed by atoms with Crippen LogP contribution in [0.2, 0.25) is 0 Å². The fraction of sp³-hybridized carbons (Fsp3) is 0.385. The molecule has 188 valence electrons. The van der Waals surface area contributed by atoms with Crippen LogP contribution in [0, 0.1) is 11.3 Å². The molecule has 4 rings (SSSR count). The molecule has 2 heterocycles. The summed E-state index contributed by atoms with van der Waals surface area (Å²) in [6.07, 6.45) is -1.92. The number of nitriles is 1. The Morgan fingerprint density at radius 2 is 1.81 bits per heavy atom. The molecule has 0 aromatic heterocycles. The number of rotatable bonds is 5. The third-order valence-corrected chi connectivity index (χ3v) is 6.55. The van der Waals surface area contributed by atoms with E-state index in [4.69, 9.17) is 5.26 Å². The number of anilines is 1. The molecule has 2 amide bonds. The van der Waals surface area contributed by atoms with Gasteiger partial charge in [0.15, 0.2) is 0 Å². The number of hydrogen-bond acceptors (Lipinski definition) is 5. The number of nitrogens with one attached hydrogen (secondary N) is 1. The van der Waals surface area contributed by atoms with E-state index in [1.807, 2.05) is 24.3 Å². The van der Waals surface area contributed by atoms with Crippen LogP contribution in [0.1, 0.15) is 40.7 Å². The maximum Gasteiger partial charge on any atom is 0.416 e. The number of carbonyl (C=O) groups excluding carboxylic acids is 2. The highest BCUT2D eigenvalue weighted by Crippen LogP contribution is 2.29. The Labute approximate surface area is 207 Å². The highest BCUT2D eigenvalue weighted by Gasteiger charge is 2.31. The van der Waals surface area contributed by atoms with Crippen LogP contribution in [0.25, 0.3) is 0 Å². The Bertz CT molecular complexity index is 1180. The van der Waals surface area contributed by atoms with Gasteiger partial charge in [-0.15, -0.1) is 0 Å². The standard InChI is InChI=1S/C26H26F3N5O2/c27-26(28,29)20-3-1-2-19(14-20)25(36)31-16-24(35)32-21-8-11-34(17-21)23-9-12-33(13-10-23)22-6-4-18(15-30)5-7-22/h1-7,14,23H,8-13,16-17H2,(H,31,36). The minimum Gasteiger partial charge on any atom is -0.371 e. The predicted octanol–water partition coefficient (Wildman–Crippen LogP) is 3.65. The van der Waals surface area contributed by atoms with Crippen molar-refractivity contribution in [2.75, 3.05) is 37.6 Å². The monoisotopic (exact) mass is 497 g/mol. The van der Waals surface area contributed by atoms with Crippen molar-refractivity contribution < 1.29 is 22.8 Å². The minimum atomic E-state index is -4.55. The first-order valence-corrected chi connectivity index (χ1v) is 11.8. The van der Waals surface area contributed by atoms with Crippen LogP contribution in [-0.2, 0) is 11.0 Å². The largest absolute Gasteiger partial charge is 0.416 e. The number of nitrogens with zero attached hydrogens (tertiary/aromatic N) is 4. The number of carbonyl (C=O) groups is 2.